The highest BCUT2D eigenvalue weighted by molar-refractivity contribution is 5.66. The number of hydrogen-bond donors (Lipinski definition) is 1. The van der Waals surface area contributed by atoms with Gasteiger partial charge >= 0.3 is 12.4 Å². The molecule has 0 amide bonds. The Morgan fingerprint density at radius 3 is 2.17 bits per heavy atom. The number of fused-ring (bicyclic) bond motifs is 1. The number of nitrogens with zero attached hydrogens (tertiary/aromatic N) is 3. The Morgan fingerprint density at radius 2 is 1.53 bits per heavy atom. The van der Waals surface area contributed by atoms with E-state index in [0.717, 1.165) is 70.7 Å². The number of halogens is 6. The molecule has 1 saturated carbocycles. The van der Waals surface area contributed by atoms with E-state index in [0.29, 0.717) is 23.8 Å². The molecule has 3 atom stereocenters. The quantitative estimate of drug-likeness (QED) is 0.517. The van der Waals surface area contributed by atoms with Crippen LogP contribution in [0.15, 0.2) is 30.3 Å². The van der Waals surface area contributed by atoms with Gasteiger partial charge in [0.1, 0.15) is 5.56 Å². The molecule has 2 aromatic rings. The van der Waals surface area contributed by atoms with Gasteiger partial charge in [0.05, 0.1) is 11.3 Å². The number of rotatable bonds is 5. The summed E-state index contributed by atoms with van der Waals surface area (Å²) in [4.78, 5) is 2.47. The van der Waals surface area contributed by atoms with E-state index in [1.54, 1.807) is 0 Å². The van der Waals surface area contributed by atoms with Crippen LogP contribution in [-0.2, 0) is 17.1 Å². The number of benzene rings is 1. The summed E-state index contributed by atoms with van der Waals surface area (Å²) in [6.45, 7) is 4.52. The van der Waals surface area contributed by atoms with Gasteiger partial charge in [-0.05, 0) is 55.6 Å². The number of nitrogens with one attached hydrogen (secondary N) is 1. The van der Waals surface area contributed by atoms with Crippen LogP contribution in [-0.4, -0.2) is 54.0 Å². The minimum atomic E-state index is -4.80. The minimum absolute atomic E-state index is 0.186. The zero-order valence-corrected chi connectivity index (χ0v) is 19.6. The van der Waals surface area contributed by atoms with Crippen molar-refractivity contribution in [3.8, 4) is 11.3 Å². The molecule has 0 spiro atoms. The van der Waals surface area contributed by atoms with Crippen molar-refractivity contribution < 1.29 is 31.1 Å². The minimum Gasteiger partial charge on any atom is -0.381 e. The maximum absolute atomic E-state index is 13.9. The monoisotopic (exact) mass is 514 g/mol. The highest BCUT2D eigenvalue weighted by Gasteiger charge is 2.43. The van der Waals surface area contributed by atoms with Crippen molar-refractivity contribution in [1.82, 2.24) is 15.1 Å². The second kappa shape index (κ2) is 9.81. The lowest BCUT2D eigenvalue weighted by Crippen LogP contribution is -2.32. The van der Waals surface area contributed by atoms with Crippen molar-refractivity contribution in [2.24, 2.45) is 17.8 Å². The van der Waals surface area contributed by atoms with Crippen LogP contribution in [0.2, 0.25) is 0 Å². The van der Waals surface area contributed by atoms with Crippen LogP contribution in [0.3, 0.4) is 0 Å². The van der Waals surface area contributed by atoms with E-state index in [2.05, 4.69) is 20.4 Å². The van der Waals surface area contributed by atoms with Crippen molar-refractivity contribution in [3.63, 3.8) is 0 Å². The lowest BCUT2D eigenvalue weighted by Gasteiger charge is -2.28. The lowest BCUT2D eigenvalue weighted by atomic mass is 10.00. The van der Waals surface area contributed by atoms with Crippen molar-refractivity contribution in [2.45, 2.75) is 44.1 Å². The maximum Gasteiger partial charge on any atom is 0.420 e. The number of ether oxygens (including phenoxy) is 1. The molecule has 1 unspecified atom stereocenters. The van der Waals surface area contributed by atoms with E-state index < -0.39 is 40.6 Å². The Hall–Kier alpha value is -2.40. The van der Waals surface area contributed by atoms with Crippen LogP contribution in [0, 0.1) is 17.8 Å². The van der Waals surface area contributed by atoms with Crippen LogP contribution >= 0.6 is 0 Å². The smallest absolute Gasteiger partial charge is 0.381 e. The van der Waals surface area contributed by atoms with Gasteiger partial charge in [0.25, 0.3) is 0 Å². The molecule has 3 aliphatic rings. The summed E-state index contributed by atoms with van der Waals surface area (Å²) < 4.78 is 87.4. The second-order valence-corrected chi connectivity index (χ2v) is 10.1. The van der Waals surface area contributed by atoms with Gasteiger partial charge in [-0.1, -0.05) is 18.2 Å². The molecule has 5 nitrogen and oxygen atoms in total. The molecule has 1 aliphatic carbocycles. The molecule has 2 saturated heterocycles. The maximum atomic E-state index is 13.9. The van der Waals surface area contributed by atoms with E-state index in [-0.39, 0.29) is 6.04 Å². The SMILES string of the molecule is FC(F)(F)c1ccccc1-c1cc(C(F)(F)F)c(NC2C[C@@H]3CN(CC4CCOCC4)C[C@@H]3C2)nn1. The molecule has 1 N–H and O–H groups in total. The first-order valence-electron chi connectivity index (χ1n) is 12.3. The van der Waals surface area contributed by atoms with E-state index >= 15 is 0 Å². The molecule has 196 valence electrons. The van der Waals surface area contributed by atoms with Gasteiger partial charge in [0.2, 0.25) is 0 Å². The Balaban J connectivity index is 1.29. The van der Waals surface area contributed by atoms with Crippen molar-refractivity contribution in [3.05, 3.63) is 41.5 Å². The van der Waals surface area contributed by atoms with Crippen molar-refractivity contribution in [2.75, 3.05) is 38.2 Å². The molecule has 3 heterocycles. The fourth-order valence-corrected chi connectivity index (χ4v) is 5.95. The summed E-state index contributed by atoms with van der Waals surface area (Å²) in [5, 5.41) is 10.4. The zero-order chi connectivity index (χ0) is 25.5. The standard InChI is InChI=1S/C25H28F6N4O/c26-24(27,28)20-4-2-1-3-19(20)22-11-21(25(29,30)31)23(34-33-22)32-18-9-16-13-35(14-17(16)10-18)12-15-5-7-36-8-6-15/h1-4,11,15-18H,5-10,12-14H2,(H,32,34)/t16-,17+,18?. The highest BCUT2D eigenvalue weighted by atomic mass is 19.4. The zero-order valence-electron chi connectivity index (χ0n) is 19.6. The molecule has 0 bridgehead atoms. The molecule has 5 rings (SSSR count). The largest absolute Gasteiger partial charge is 0.420 e. The average Bonchev–Trinajstić information content (AvgIpc) is 3.36. The van der Waals surface area contributed by atoms with Crippen LogP contribution in [0.25, 0.3) is 11.3 Å². The fourth-order valence-electron chi connectivity index (χ4n) is 5.95. The van der Waals surface area contributed by atoms with Crippen molar-refractivity contribution in [1.29, 1.82) is 0 Å². The van der Waals surface area contributed by atoms with Crippen molar-refractivity contribution >= 4 is 5.82 Å². The molecule has 2 aliphatic heterocycles. The van der Waals surface area contributed by atoms with Gasteiger partial charge in [0, 0.05) is 44.5 Å². The predicted molar refractivity (Wildman–Crippen MR) is 121 cm³/mol. The Morgan fingerprint density at radius 1 is 0.889 bits per heavy atom. The Bertz CT molecular complexity index is 1060. The van der Waals surface area contributed by atoms with Gasteiger partial charge in [0.15, 0.2) is 5.82 Å². The van der Waals surface area contributed by atoms with Crippen LogP contribution < -0.4 is 5.32 Å². The third-order valence-corrected chi connectivity index (χ3v) is 7.63. The highest BCUT2D eigenvalue weighted by Crippen LogP contribution is 2.43. The summed E-state index contributed by atoms with van der Waals surface area (Å²) in [5.74, 6) is 1.02. The van der Waals surface area contributed by atoms with E-state index in [1.807, 2.05) is 0 Å². The van der Waals surface area contributed by atoms with Gasteiger partial charge in [-0.25, -0.2) is 0 Å². The molecular weight excluding hydrogens is 486 g/mol. The Labute approximate surface area is 205 Å². The van der Waals surface area contributed by atoms with E-state index in [1.165, 1.54) is 12.1 Å². The van der Waals surface area contributed by atoms with Gasteiger partial charge < -0.3 is 15.0 Å². The number of alkyl halides is 6. The molecule has 1 aromatic heterocycles. The van der Waals surface area contributed by atoms with Gasteiger partial charge in [-0.3, -0.25) is 0 Å². The van der Waals surface area contributed by atoms with Crippen LogP contribution in [0.1, 0.15) is 36.8 Å². The summed E-state index contributed by atoms with van der Waals surface area (Å²) in [6, 6.07) is 4.90. The van der Waals surface area contributed by atoms with Gasteiger partial charge in [-0.15, -0.1) is 10.2 Å². The third-order valence-electron chi connectivity index (χ3n) is 7.63. The number of hydrogen-bond acceptors (Lipinski definition) is 5. The first-order chi connectivity index (χ1) is 17.1. The molecule has 1 aromatic carbocycles. The molecule has 36 heavy (non-hydrogen) atoms. The summed E-state index contributed by atoms with van der Waals surface area (Å²) in [5.41, 5.74) is -3.06. The van der Waals surface area contributed by atoms with E-state index in [9.17, 15) is 26.3 Å². The first kappa shape index (κ1) is 25.3. The topological polar surface area (TPSA) is 50.3 Å². The first-order valence-corrected chi connectivity index (χ1v) is 12.3. The van der Waals surface area contributed by atoms with Gasteiger partial charge in [-0.2, -0.15) is 26.3 Å². The number of likely N-dealkylation sites (tertiary alicyclic amines) is 1. The lowest BCUT2D eigenvalue weighted by molar-refractivity contribution is -0.137. The van der Waals surface area contributed by atoms with Crippen LogP contribution in [0.5, 0.6) is 0 Å². The predicted octanol–water partition coefficient (Wildman–Crippen LogP) is 5.73. The normalized spacial score (nSPS) is 25.8. The summed E-state index contributed by atoms with van der Waals surface area (Å²) in [7, 11) is 0. The summed E-state index contributed by atoms with van der Waals surface area (Å²) in [6.07, 6.45) is -5.93. The summed E-state index contributed by atoms with van der Waals surface area (Å²) >= 11 is 0. The van der Waals surface area contributed by atoms with E-state index in [4.69, 9.17) is 4.74 Å². The third kappa shape index (κ3) is 5.46. The van der Waals surface area contributed by atoms with Crippen LogP contribution in [0.4, 0.5) is 32.2 Å². The molecular formula is C25H28F6N4O. The number of anilines is 1. The average molecular weight is 515 g/mol. The second-order valence-electron chi connectivity index (χ2n) is 10.1. The molecule has 11 heteroatoms. The number of aromatic nitrogens is 2. The Kier molecular flexibility index (Phi) is 6.88. The molecule has 0 radical (unpaired) electrons. The fraction of sp³-hybridized carbons (Fsp3) is 0.600. The molecule has 3 fully saturated rings.